The van der Waals surface area contributed by atoms with Gasteiger partial charge in [-0.15, -0.1) is 5.10 Å². The molecular weight excluding hydrogens is 366 g/mol. The molecule has 1 aliphatic carbocycles. The van der Waals surface area contributed by atoms with Gasteiger partial charge in [0, 0.05) is 6.20 Å². The second-order valence-corrected chi connectivity index (χ2v) is 6.47. The standard InChI is InChI=1S/C19H14ClN5O2/c1-11-4-6-13(7-5-11)25-10-12(23-24-25)9-22-17-15(20)18(26)14-3-2-8-21-16(14)19(17)27/h2-8,10,22H,9H2,1H3. The molecule has 4 rings (SSSR count). The van der Waals surface area contributed by atoms with Crippen LogP contribution in [-0.2, 0) is 6.54 Å². The first-order valence-electron chi connectivity index (χ1n) is 8.21. The predicted octanol–water partition coefficient (Wildman–Crippen LogP) is 2.59. The number of allylic oxidation sites excluding steroid dienone is 2. The molecule has 0 fully saturated rings. The minimum absolute atomic E-state index is 0.0257. The molecule has 0 amide bonds. The molecule has 0 radical (unpaired) electrons. The summed E-state index contributed by atoms with van der Waals surface area (Å²) in [6.07, 6.45) is 3.21. The van der Waals surface area contributed by atoms with Gasteiger partial charge in [0.05, 0.1) is 24.0 Å². The van der Waals surface area contributed by atoms with Crippen LogP contribution in [0.15, 0.2) is 59.5 Å². The molecule has 8 heteroatoms. The summed E-state index contributed by atoms with van der Waals surface area (Å²) in [4.78, 5) is 28.9. The van der Waals surface area contributed by atoms with Crippen LogP contribution in [-0.4, -0.2) is 31.5 Å². The Bertz CT molecular complexity index is 1090. The van der Waals surface area contributed by atoms with Crippen LogP contribution in [0, 0.1) is 6.92 Å². The van der Waals surface area contributed by atoms with Crippen LogP contribution in [0.4, 0.5) is 0 Å². The largest absolute Gasteiger partial charge is 0.375 e. The highest BCUT2D eigenvalue weighted by atomic mass is 35.5. The molecule has 0 bridgehead atoms. The van der Waals surface area contributed by atoms with E-state index in [9.17, 15) is 9.59 Å². The van der Waals surface area contributed by atoms with Crippen LogP contribution >= 0.6 is 11.6 Å². The Morgan fingerprint density at radius 2 is 1.89 bits per heavy atom. The highest BCUT2D eigenvalue weighted by molar-refractivity contribution is 6.49. The van der Waals surface area contributed by atoms with Gasteiger partial charge in [0.15, 0.2) is 0 Å². The Hall–Kier alpha value is -3.32. The Balaban J connectivity index is 1.54. The third-order valence-corrected chi connectivity index (χ3v) is 4.56. The van der Waals surface area contributed by atoms with Crippen LogP contribution in [0.3, 0.4) is 0 Å². The SMILES string of the molecule is Cc1ccc(-n2cc(CNC3=C(Cl)C(=O)c4cccnc4C3=O)nn2)cc1. The second kappa shape index (κ2) is 6.77. The third kappa shape index (κ3) is 3.13. The smallest absolute Gasteiger partial charge is 0.229 e. The lowest BCUT2D eigenvalue weighted by Gasteiger charge is -2.17. The van der Waals surface area contributed by atoms with Crippen LogP contribution in [0.25, 0.3) is 5.69 Å². The number of hydrogen-bond acceptors (Lipinski definition) is 6. The van der Waals surface area contributed by atoms with Gasteiger partial charge in [-0.05, 0) is 31.2 Å². The van der Waals surface area contributed by atoms with E-state index >= 15 is 0 Å². The van der Waals surface area contributed by atoms with Gasteiger partial charge in [-0.2, -0.15) is 0 Å². The van der Waals surface area contributed by atoms with Gasteiger partial charge in [-0.25, -0.2) is 4.68 Å². The number of nitrogens with zero attached hydrogens (tertiary/aromatic N) is 4. The quantitative estimate of drug-likeness (QED) is 0.749. The van der Waals surface area contributed by atoms with E-state index in [2.05, 4.69) is 20.6 Å². The minimum atomic E-state index is -0.426. The van der Waals surface area contributed by atoms with Crippen molar-refractivity contribution in [1.29, 1.82) is 0 Å². The number of hydrogen-bond donors (Lipinski definition) is 1. The molecule has 0 spiro atoms. The first kappa shape index (κ1) is 17.1. The number of aromatic nitrogens is 4. The van der Waals surface area contributed by atoms with Crippen LogP contribution < -0.4 is 5.32 Å². The molecule has 3 aromatic rings. The molecule has 1 N–H and O–H groups in total. The van der Waals surface area contributed by atoms with E-state index in [4.69, 9.17) is 11.6 Å². The first-order valence-corrected chi connectivity index (χ1v) is 8.58. The Morgan fingerprint density at radius 1 is 1.11 bits per heavy atom. The molecule has 27 heavy (non-hydrogen) atoms. The molecule has 0 saturated heterocycles. The summed E-state index contributed by atoms with van der Waals surface area (Å²) in [5, 5.41) is 10.9. The number of ketones is 2. The molecule has 1 aliphatic rings. The molecule has 0 aliphatic heterocycles. The van der Waals surface area contributed by atoms with Gasteiger partial charge in [0.2, 0.25) is 11.6 Å². The van der Waals surface area contributed by atoms with Crippen molar-refractivity contribution in [2.24, 2.45) is 0 Å². The maximum absolute atomic E-state index is 12.6. The number of carbonyl (C=O) groups is 2. The number of Topliss-reactive ketones (excluding diaryl/α,β-unsaturated/α-hetero) is 2. The molecule has 0 atom stereocenters. The van der Waals surface area contributed by atoms with Crippen LogP contribution in [0.2, 0.25) is 0 Å². The fraction of sp³-hybridized carbons (Fsp3) is 0.105. The molecular formula is C19H14ClN5O2. The number of fused-ring (bicyclic) bond motifs is 1. The number of halogens is 1. The first-order chi connectivity index (χ1) is 13.0. The monoisotopic (exact) mass is 379 g/mol. The number of benzene rings is 1. The van der Waals surface area contributed by atoms with Crippen molar-refractivity contribution >= 4 is 23.2 Å². The van der Waals surface area contributed by atoms with E-state index in [1.807, 2.05) is 31.2 Å². The van der Waals surface area contributed by atoms with Gasteiger partial charge >= 0.3 is 0 Å². The number of rotatable bonds is 4. The summed E-state index contributed by atoms with van der Waals surface area (Å²) >= 11 is 6.12. The van der Waals surface area contributed by atoms with Crippen molar-refractivity contribution in [3.05, 3.63) is 82.0 Å². The van der Waals surface area contributed by atoms with Crippen molar-refractivity contribution in [1.82, 2.24) is 25.3 Å². The van der Waals surface area contributed by atoms with Gasteiger partial charge in [-0.3, -0.25) is 14.6 Å². The summed E-state index contributed by atoms with van der Waals surface area (Å²) in [5.74, 6) is -0.841. The zero-order valence-corrected chi connectivity index (χ0v) is 15.1. The van der Waals surface area contributed by atoms with E-state index in [-0.39, 0.29) is 28.5 Å². The Kier molecular flexibility index (Phi) is 4.29. The maximum atomic E-state index is 12.6. The van der Waals surface area contributed by atoms with Crippen molar-refractivity contribution in [3.63, 3.8) is 0 Å². The van der Waals surface area contributed by atoms with Crippen molar-refractivity contribution < 1.29 is 9.59 Å². The summed E-state index contributed by atoms with van der Waals surface area (Å²) in [6.45, 7) is 2.20. The van der Waals surface area contributed by atoms with E-state index in [1.54, 1.807) is 16.9 Å². The van der Waals surface area contributed by atoms with Crippen LogP contribution in [0.5, 0.6) is 0 Å². The summed E-state index contributed by atoms with van der Waals surface area (Å²) in [5.41, 5.74) is 2.95. The molecule has 2 heterocycles. The zero-order chi connectivity index (χ0) is 19.0. The molecule has 1 aromatic carbocycles. The second-order valence-electron chi connectivity index (χ2n) is 6.09. The summed E-state index contributed by atoms with van der Waals surface area (Å²) in [7, 11) is 0. The normalized spacial score (nSPS) is 13.7. The van der Waals surface area contributed by atoms with Gasteiger partial charge < -0.3 is 5.32 Å². The lowest BCUT2D eigenvalue weighted by atomic mass is 9.97. The minimum Gasteiger partial charge on any atom is -0.375 e. The number of pyridine rings is 1. The van der Waals surface area contributed by atoms with Gasteiger partial charge in [0.1, 0.15) is 22.1 Å². The highest BCUT2D eigenvalue weighted by Gasteiger charge is 2.32. The number of aryl methyl sites for hydroxylation is 1. The lowest BCUT2D eigenvalue weighted by molar-refractivity contribution is 0.0970. The molecule has 7 nitrogen and oxygen atoms in total. The van der Waals surface area contributed by atoms with Gasteiger partial charge in [0.25, 0.3) is 0 Å². The molecule has 0 saturated carbocycles. The van der Waals surface area contributed by atoms with Crippen molar-refractivity contribution in [2.75, 3.05) is 0 Å². The van der Waals surface area contributed by atoms with Crippen LogP contribution in [0.1, 0.15) is 32.1 Å². The predicted molar refractivity (Wildman–Crippen MR) is 98.7 cm³/mol. The average Bonchev–Trinajstić information content (AvgIpc) is 3.16. The summed E-state index contributed by atoms with van der Waals surface area (Å²) in [6, 6.07) is 11.0. The zero-order valence-electron chi connectivity index (χ0n) is 14.3. The van der Waals surface area contributed by atoms with E-state index < -0.39 is 11.6 Å². The van der Waals surface area contributed by atoms with Crippen molar-refractivity contribution in [3.8, 4) is 5.69 Å². The lowest BCUT2D eigenvalue weighted by Crippen LogP contribution is -2.29. The van der Waals surface area contributed by atoms with E-state index in [0.717, 1.165) is 11.3 Å². The van der Waals surface area contributed by atoms with Gasteiger partial charge in [-0.1, -0.05) is 34.5 Å². The van der Waals surface area contributed by atoms with E-state index in [1.165, 1.54) is 12.3 Å². The maximum Gasteiger partial charge on any atom is 0.229 e. The fourth-order valence-corrected chi connectivity index (χ4v) is 3.01. The summed E-state index contributed by atoms with van der Waals surface area (Å²) < 4.78 is 1.64. The topological polar surface area (TPSA) is 89.8 Å². The molecule has 2 aromatic heterocycles. The molecule has 0 unspecified atom stereocenters. The fourth-order valence-electron chi connectivity index (χ4n) is 2.76. The molecule has 134 valence electrons. The third-order valence-electron chi connectivity index (χ3n) is 4.20. The highest BCUT2D eigenvalue weighted by Crippen LogP contribution is 2.26. The Labute approximate surface area is 159 Å². The van der Waals surface area contributed by atoms with E-state index in [0.29, 0.717) is 5.69 Å². The average molecular weight is 380 g/mol. The Morgan fingerprint density at radius 3 is 2.67 bits per heavy atom. The number of carbonyl (C=O) groups excluding carboxylic acids is 2. The van der Waals surface area contributed by atoms with Crippen molar-refractivity contribution in [2.45, 2.75) is 13.5 Å². The number of nitrogens with one attached hydrogen (secondary N) is 1.